The number of rotatable bonds is 6. The molecule has 1 aromatic carbocycles. The summed E-state index contributed by atoms with van der Waals surface area (Å²) in [5, 5.41) is 9.29. The molecule has 0 spiro atoms. The predicted octanol–water partition coefficient (Wildman–Crippen LogP) is 3.94. The van der Waals surface area contributed by atoms with E-state index in [1.807, 2.05) is 28.8 Å². The largest absolute Gasteiger partial charge is 0.477 e. The summed E-state index contributed by atoms with van der Waals surface area (Å²) in [5.74, 6) is -0.851. The van der Waals surface area contributed by atoms with E-state index in [-0.39, 0.29) is 6.04 Å². The number of hydrogen-bond acceptors (Lipinski definition) is 1. The van der Waals surface area contributed by atoms with Crippen LogP contribution >= 0.6 is 0 Å². The smallest absolute Gasteiger partial charge is 0.352 e. The minimum Gasteiger partial charge on any atom is -0.477 e. The number of carboxylic acids is 1. The van der Waals surface area contributed by atoms with Gasteiger partial charge in [0.1, 0.15) is 5.69 Å². The van der Waals surface area contributed by atoms with Crippen LogP contribution in [0.25, 0.3) is 0 Å². The number of hydrogen-bond donors (Lipinski definition) is 1. The molecule has 2 rings (SSSR count). The third-order valence-electron chi connectivity index (χ3n) is 3.77. The number of aromatic carboxylic acids is 1. The second-order valence-electron chi connectivity index (χ2n) is 5.13. The van der Waals surface area contributed by atoms with E-state index < -0.39 is 5.97 Å². The van der Waals surface area contributed by atoms with Crippen LogP contribution in [-0.2, 0) is 12.8 Å². The van der Waals surface area contributed by atoms with E-state index in [0.717, 1.165) is 25.0 Å². The topological polar surface area (TPSA) is 42.2 Å². The first-order valence-corrected chi connectivity index (χ1v) is 7.10. The maximum atomic E-state index is 11.3. The fourth-order valence-electron chi connectivity index (χ4n) is 2.49. The number of nitrogens with zero attached hydrogens (tertiary/aromatic N) is 1. The van der Waals surface area contributed by atoms with E-state index in [9.17, 15) is 9.90 Å². The highest BCUT2D eigenvalue weighted by Crippen LogP contribution is 2.21. The molecule has 0 unspecified atom stereocenters. The van der Waals surface area contributed by atoms with Crippen LogP contribution < -0.4 is 0 Å². The van der Waals surface area contributed by atoms with Gasteiger partial charge in [-0.3, -0.25) is 0 Å². The fraction of sp³-hybridized carbons (Fsp3) is 0.353. The first-order chi connectivity index (χ1) is 9.63. The van der Waals surface area contributed by atoms with Gasteiger partial charge >= 0.3 is 5.97 Å². The van der Waals surface area contributed by atoms with Gasteiger partial charge in [0.05, 0.1) is 0 Å². The van der Waals surface area contributed by atoms with Crippen molar-refractivity contribution in [1.82, 2.24) is 4.57 Å². The van der Waals surface area contributed by atoms with Crippen molar-refractivity contribution in [3.63, 3.8) is 0 Å². The molecule has 0 radical (unpaired) electrons. The molecule has 3 heteroatoms. The van der Waals surface area contributed by atoms with Crippen LogP contribution in [0.15, 0.2) is 42.5 Å². The molecule has 20 heavy (non-hydrogen) atoms. The second-order valence-corrected chi connectivity index (χ2v) is 5.13. The minimum absolute atomic E-state index is 0.210. The van der Waals surface area contributed by atoms with Crippen molar-refractivity contribution >= 4 is 5.97 Å². The molecule has 0 saturated carbocycles. The highest BCUT2D eigenvalue weighted by atomic mass is 16.4. The van der Waals surface area contributed by atoms with Crippen molar-refractivity contribution in [2.75, 3.05) is 0 Å². The van der Waals surface area contributed by atoms with E-state index in [2.05, 4.69) is 26.0 Å². The second kappa shape index (κ2) is 6.42. The first-order valence-electron chi connectivity index (χ1n) is 7.10. The Morgan fingerprint density at radius 2 is 1.85 bits per heavy atom. The standard InChI is InChI=1S/C17H21NO2/c1-3-13(2)18-15(11-12-16(18)17(19)20)10-9-14-7-5-4-6-8-14/h4-8,11-13H,3,9-10H2,1-2H3,(H,19,20)/t13-/m0/s1. The van der Waals surface area contributed by atoms with Crippen molar-refractivity contribution in [3.05, 3.63) is 59.4 Å². The zero-order valence-electron chi connectivity index (χ0n) is 12.0. The summed E-state index contributed by atoms with van der Waals surface area (Å²) < 4.78 is 1.96. The minimum atomic E-state index is -0.851. The summed E-state index contributed by atoms with van der Waals surface area (Å²) in [4.78, 5) is 11.3. The summed E-state index contributed by atoms with van der Waals surface area (Å²) in [6, 6.07) is 14.2. The first kappa shape index (κ1) is 14.4. The van der Waals surface area contributed by atoms with Gasteiger partial charge in [0.15, 0.2) is 0 Å². The van der Waals surface area contributed by atoms with Gasteiger partial charge in [-0.2, -0.15) is 0 Å². The molecule has 0 bridgehead atoms. The molecule has 0 aliphatic carbocycles. The van der Waals surface area contributed by atoms with E-state index in [1.54, 1.807) is 6.07 Å². The molecular weight excluding hydrogens is 250 g/mol. The number of carboxylic acid groups (broad SMARTS) is 1. The monoisotopic (exact) mass is 271 g/mol. The van der Waals surface area contributed by atoms with E-state index in [4.69, 9.17) is 0 Å². The quantitative estimate of drug-likeness (QED) is 0.864. The average Bonchev–Trinajstić information content (AvgIpc) is 2.89. The van der Waals surface area contributed by atoms with Gasteiger partial charge < -0.3 is 9.67 Å². The average molecular weight is 271 g/mol. The Labute approximate surface area is 119 Å². The zero-order valence-corrected chi connectivity index (χ0v) is 12.0. The maximum absolute atomic E-state index is 11.3. The van der Waals surface area contributed by atoms with Crippen molar-refractivity contribution in [1.29, 1.82) is 0 Å². The van der Waals surface area contributed by atoms with Gasteiger partial charge in [-0.15, -0.1) is 0 Å². The lowest BCUT2D eigenvalue weighted by Crippen LogP contribution is -2.15. The Morgan fingerprint density at radius 1 is 1.15 bits per heavy atom. The van der Waals surface area contributed by atoms with Gasteiger partial charge in [-0.1, -0.05) is 37.3 Å². The number of benzene rings is 1. The van der Waals surface area contributed by atoms with Crippen molar-refractivity contribution < 1.29 is 9.90 Å². The summed E-state index contributed by atoms with van der Waals surface area (Å²) in [6.07, 6.45) is 2.72. The molecule has 3 nitrogen and oxygen atoms in total. The van der Waals surface area contributed by atoms with Gasteiger partial charge in [0.2, 0.25) is 0 Å². The summed E-state index contributed by atoms with van der Waals surface area (Å²) in [5.41, 5.74) is 2.77. The number of aryl methyl sites for hydroxylation is 2. The zero-order chi connectivity index (χ0) is 14.5. The summed E-state index contributed by atoms with van der Waals surface area (Å²) in [6.45, 7) is 4.15. The molecule has 0 aliphatic rings. The molecule has 106 valence electrons. The Morgan fingerprint density at radius 3 is 2.45 bits per heavy atom. The number of carbonyl (C=O) groups is 1. The molecule has 1 N–H and O–H groups in total. The Hall–Kier alpha value is -2.03. The van der Waals surface area contributed by atoms with Crippen LogP contribution in [0, 0.1) is 0 Å². The molecule has 2 aromatic rings. The van der Waals surface area contributed by atoms with Gasteiger partial charge in [0.25, 0.3) is 0 Å². The normalized spacial score (nSPS) is 12.3. The van der Waals surface area contributed by atoms with Crippen LogP contribution in [0.5, 0.6) is 0 Å². The van der Waals surface area contributed by atoms with Crippen molar-refractivity contribution in [3.8, 4) is 0 Å². The summed E-state index contributed by atoms with van der Waals surface area (Å²) >= 11 is 0. The lowest BCUT2D eigenvalue weighted by Gasteiger charge is -2.18. The molecule has 1 aromatic heterocycles. The lowest BCUT2D eigenvalue weighted by atomic mass is 10.1. The Balaban J connectivity index is 2.21. The van der Waals surface area contributed by atoms with Crippen LogP contribution in [0.3, 0.4) is 0 Å². The van der Waals surface area contributed by atoms with Crippen LogP contribution in [-0.4, -0.2) is 15.6 Å². The van der Waals surface area contributed by atoms with Crippen molar-refractivity contribution in [2.45, 2.75) is 39.2 Å². The predicted molar refractivity (Wildman–Crippen MR) is 80.2 cm³/mol. The Bertz CT molecular complexity index is 572. The fourth-order valence-corrected chi connectivity index (χ4v) is 2.49. The molecule has 1 heterocycles. The molecule has 0 aliphatic heterocycles. The van der Waals surface area contributed by atoms with E-state index in [0.29, 0.717) is 5.69 Å². The maximum Gasteiger partial charge on any atom is 0.352 e. The molecular formula is C17H21NO2. The SMILES string of the molecule is CC[C@H](C)n1c(CCc2ccccc2)ccc1C(=O)O. The Kier molecular flexibility index (Phi) is 4.61. The molecule has 0 saturated heterocycles. The van der Waals surface area contributed by atoms with Crippen molar-refractivity contribution in [2.24, 2.45) is 0 Å². The van der Waals surface area contributed by atoms with Gasteiger partial charge in [0, 0.05) is 11.7 Å². The molecule has 1 atom stereocenters. The van der Waals surface area contributed by atoms with Gasteiger partial charge in [-0.25, -0.2) is 4.79 Å². The lowest BCUT2D eigenvalue weighted by molar-refractivity contribution is 0.0682. The van der Waals surface area contributed by atoms with Gasteiger partial charge in [-0.05, 0) is 43.9 Å². The summed E-state index contributed by atoms with van der Waals surface area (Å²) in [7, 11) is 0. The van der Waals surface area contributed by atoms with Crippen LogP contribution in [0.2, 0.25) is 0 Å². The van der Waals surface area contributed by atoms with E-state index >= 15 is 0 Å². The number of aromatic nitrogens is 1. The third kappa shape index (κ3) is 3.10. The van der Waals surface area contributed by atoms with Crippen LogP contribution in [0.4, 0.5) is 0 Å². The highest BCUT2D eigenvalue weighted by molar-refractivity contribution is 5.86. The molecule has 0 amide bonds. The highest BCUT2D eigenvalue weighted by Gasteiger charge is 2.17. The van der Waals surface area contributed by atoms with Crippen LogP contribution in [0.1, 0.15) is 48.1 Å². The third-order valence-corrected chi connectivity index (χ3v) is 3.77. The van der Waals surface area contributed by atoms with E-state index in [1.165, 1.54) is 5.56 Å². The molecule has 0 fully saturated rings.